The van der Waals surface area contributed by atoms with Gasteiger partial charge in [0.15, 0.2) is 5.78 Å². The minimum absolute atomic E-state index is 0.0790. The highest BCUT2D eigenvalue weighted by molar-refractivity contribution is 5.94. The lowest BCUT2D eigenvalue weighted by atomic mass is 10.1. The van der Waals surface area contributed by atoms with E-state index >= 15 is 0 Å². The summed E-state index contributed by atoms with van der Waals surface area (Å²) in [4.78, 5) is 13.5. The fourth-order valence-corrected chi connectivity index (χ4v) is 1.96. The predicted octanol–water partition coefficient (Wildman–Crippen LogP) is 1.95. The van der Waals surface area contributed by atoms with Gasteiger partial charge in [-0.3, -0.25) is 4.79 Å². The molecular weight excluding hydrogens is 214 g/mol. The van der Waals surface area contributed by atoms with Crippen LogP contribution in [0.5, 0.6) is 0 Å². The van der Waals surface area contributed by atoms with Crippen LogP contribution in [0.3, 0.4) is 0 Å². The van der Waals surface area contributed by atoms with Crippen molar-refractivity contribution in [2.45, 2.75) is 6.92 Å². The van der Waals surface area contributed by atoms with Crippen LogP contribution in [0, 0.1) is 0 Å². The highest BCUT2D eigenvalue weighted by Gasteiger charge is 2.15. The Morgan fingerprint density at radius 3 is 2.47 bits per heavy atom. The number of hydrogen-bond acceptors (Lipinski definition) is 3. The summed E-state index contributed by atoms with van der Waals surface area (Å²) in [7, 11) is 0. The van der Waals surface area contributed by atoms with Gasteiger partial charge < -0.3 is 9.64 Å². The Labute approximate surface area is 102 Å². The molecule has 1 aromatic carbocycles. The van der Waals surface area contributed by atoms with E-state index in [4.69, 9.17) is 4.74 Å². The molecule has 0 aliphatic carbocycles. The van der Waals surface area contributed by atoms with Gasteiger partial charge in [0.1, 0.15) is 0 Å². The fourth-order valence-electron chi connectivity index (χ4n) is 1.96. The Bertz CT molecular complexity index is 405. The summed E-state index contributed by atoms with van der Waals surface area (Å²) >= 11 is 0. The quantitative estimate of drug-likeness (QED) is 0.745. The molecule has 1 aliphatic rings. The van der Waals surface area contributed by atoms with Crippen LogP contribution in [-0.4, -0.2) is 37.0 Å². The molecule has 0 aromatic heterocycles. The van der Waals surface area contributed by atoms with Crippen molar-refractivity contribution < 1.29 is 9.53 Å². The molecule has 0 amide bonds. The number of nitrogens with zero attached hydrogens (tertiary/aromatic N) is 1. The van der Waals surface area contributed by atoms with Crippen LogP contribution in [0.2, 0.25) is 0 Å². The SMILES string of the molecule is CC(=O)/C=C(\c1ccccc1)N1CCOCC1. The maximum Gasteiger partial charge on any atom is 0.154 e. The lowest BCUT2D eigenvalue weighted by Crippen LogP contribution is -2.35. The van der Waals surface area contributed by atoms with E-state index in [2.05, 4.69) is 4.90 Å². The number of hydrogen-bond donors (Lipinski definition) is 0. The van der Waals surface area contributed by atoms with Gasteiger partial charge >= 0.3 is 0 Å². The van der Waals surface area contributed by atoms with Crippen molar-refractivity contribution in [3.05, 3.63) is 42.0 Å². The Hall–Kier alpha value is -1.61. The molecule has 0 radical (unpaired) electrons. The molecule has 3 heteroatoms. The zero-order valence-electron chi connectivity index (χ0n) is 10.1. The molecule has 0 bridgehead atoms. The van der Waals surface area contributed by atoms with Crippen LogP contribution >= 0.6 is 0 Å². The van der Waals surface area contributed by atoms with Crippen LogP contribution in [-0.2, 0) is 9.53 Å². The summed E-state index contributed by atoms with van der Waals surface area (Å²) in [6.07, 6.45) is 1.71. The summed E-state index contributed by atoms with van der Waals surface area (Å²) in [5.41, 5.74) is 2.09. The standard InChI is InChI=1S/C14H17NO2/c1-12(16)11-14(13-5-3-2-4-6-13)15-7-9-17-10-8-15/h2-6,11H,7-10H2,1H3/b14-11+. The van der Waals surface area contributed by atoms with E-state index < -0.39 is 0 Å². The van der Waals surface area contributed by atoms with Crippen LogP contribution < -0.4 is 0 Å². The average molecular weight is 231 g/mol. The first-order chi connectivity index (χ1) is 8.27. The first-order valence-electron chi connectivity index (χ1n) is 5.88. The molecule has 90 valence electrons. The number of carbonyl (C=O) groups excluding carboxylic acids is 1. The minimum Gasteiger partial charge on any atom is -0.378 e. The summed E-state index contributed by atoms with van der Waals surface area (Å²) in [6.45, 7) is 4.72. The number of morpholine rings is 1. The molecule has 0 unspecified atom stereocenters. The molecule has 3 nitrogen and oxygen atoms in total. The average Bonchev–Trinajstić information content (AvgIpc) is 2.38. The van der Waals surface area contributed by atoms with E-state index in [1.54, 1.807) is 13.0 Å². The summed E-state index contributed by atoms with van der Waals surface area (Å²) in [5.74, 6) is 0.0790. The Morgan fingerprint density at radius 2 is 1.88 bits per heavy atom. The monoisotopic (exact) mass is 231 g/mol. The molecule has 0 N–H and O–H groups in total. The molecule has 1 saturated heterocycles. The second kappa shape index (κ2) is 5.64. The maximum absolute atomic E-state index is 11.3. The van der Waals surface area contributed by atoms with Gasteiger partial charge in [-0.2, -0.15) is 0 Å². The highest BCUT2D eigenvalue weighted by atomic mass is 16.5. The normalized spacial score (nSPS) is 17.0. The van der Waals surface area contributed by atoms with E-state index in [1.807, 2.05) is 30.3 Å². The van der Waals surface area contributed by atoms with Crippen molar-refractivity contribution in [3.8, 4) is 0 Å². The molecule has 1 aromatic rings. The van der Waals surface area contributed by atoms with Gasteiger partial charge in [0.05, 0.1) is 13.2 Å². The van der Waals surface area contributed by atoms with Crippen LogP contribution in [0.4, 0.5) is 0 Å². The van der Waals surface area contributed by atoms with E-state index in [1.165, 1.54) is 0 Å². The maximum atomic E-state index is 11.3. The van der Waals surface area contributed by atoms with E-state index in [9.17, 15) is 4.79 Å². The van der Waals surface area contributed by atoms with Gasteiger partial charge in [0, 0.05) is 24.9 Å². The van der Waals surface area contributed by atoms with Crippen LogP contribution in [0.25, 0.3) is 5.70 Å². The van der Waals surface area contributed by atoms with Gasteiger partial charge in [0.2, 0.25) is 0 Å². The second-order valence-electron chi connectivity index (χ2n) is 4.11. The van der Waals surface area contributed by atoms with Crippen molar-refractivity contribution in [2.75, 3.05) is 26.3 Å². The van der Waals surface area contributed by atoms with E-state index in [-0.39, 0.29) is 5.78 Å². The van der Waals surface area contributed by atoms with Crippen molar-refractivity contribution in [1.82, 2.24) is 4.90 Å². The van der Waals surface area contributed by atoms with Gasteiger partial charge in [0.25, 0.3) is 0 Å². The number of rotatable bonds is 3. The molecule has 1 heterocycles. The highest BCUT2D eigenvalue weighted by Crippen LogP contribution is 2.20. The Morgan fingerprint density at radius 1 is 1.24 bits per heavy atom. The van der Waals surface area contributed by atoms with Crippen LogP contribution in [0.15, 0.2) is 36.4 Å². The third-order valence-electron chi connectivity index (χ3n) is 2.76. The molecule has 0 saturated carbocycles. The summed E-state index contributed by atoms with van der Waals surface area (Å²) in [6, 6.07) is 10.0. The molecule has 1 fully saturated rings. The number of benzene rings is 1. The number of allylic oxidation sites excluding steroid dienone is 1. The van der Waals surface area contributed by atoms with Crippen molar-refractivity contribution in [3.63, 3.8) is 0 Å². The number of ketones is 1. The Kier molecular flexibility index (Phi) is 3.94. The third kappa shape index (κ3) is 3.17. The van der Waals surface area contributed by atoms with Crippen molar-refractivity contribution in [2.24, 2.45) is 0 Å². The largest absolute Gasteiger partial charge is 0.378 e. The third-order valence-corrected chi connectivity index (χ3v) is 2.76. The number of ether oxygens (including phenoxy) is 1. The van der Waals surface area contributed by atoms with E-state index in [0.717, 1.165) is 37.6 Å². The topological polar surface area (TPSA) is 29.5 Å². The van der Waals surface area contributed by atoms with Crippen molar-refractivity contribution in [1.29, 1.82) is 0 Å². The smallest absolute Gasteiger partial charge is 0.154 e. The Balaban J connectivity index is 2.28. The lowest BCUT2D eigenvalue weighted by Gasteiger charge is -2.31. The number of carbonyl (C=O) groups is 1. The molecule has 2 rings (SSSR count). The first kappa shape index (κ1) is 11.9. The van der Waals surface area contributed by atoms with Gasteiger partial charge in [-0.15, -0.1) is 0 Å². The fraction of sp³-hybridized carbons (Fsp3) is 0.357. The zero-order valence-corrected chi connectivity index (χ0v) is 10.1. The summed E-state index contributed by atoms with van der Waals surface area (Å²) < 4.78 is 5.34. The van der Waals surface area contributed by atoms with Gasteiger partial charge in [-0.1, -0.05) is 30.3 Å². The molecule has 1 aliphatic heterocycles. The molecule has 0 spiro atoms. The molecule has 17 heavy (non-hydrogen) atoms. The van der Waals surface area contributed by atoms with Gasteiger partial charge in [-0.05, 0) is 12.5 Å². The minimum atomic E-state index is 0.0790. The van der Waals surface area contributed by atoms with Crippen LogP contribution in [0.1, 0.15) is 12.5 Å². The first-order valence-corrected chi connectivity index (χ1v) is 5.88. The van der Waals surface area contributed by atoms with Crippen molar-refractivity contribution >= 4 is 11.5 Å². The molecular formula is C14H17NO2. The summed E-state index contributed by atoms with van der Waals surface area (Å²) in [5, 5.41) is 0. The second-order valence-corrected chi connectivity index (χ2v) is 4.11. The molecule has 0 atom stereocenters. The zero-order chi connectivity index (χ0) is 12.1. The lowest BCUT2D eigenvalue weighted by molar-refractivity contribution is -0.112. The van der Waals surface area contributed by atoms with Gasteiger partial charge in [-0.25, -0.2) is 0 Å². The predicted molar refractivity (Wildman–Crippen MR) is 67.5 cm³/mol. The van der Waals surface area contributed by atoms with E-state index in [0.29, 0.717) is 0 Å².